The highest BCUT2D eigenvalue weighted by Gasteiger charge is 2.18. The van der Waals surface area contributed by atoms with Crippen LogP contribution in [-0.2, 0) is 6.54 Å². The van der Waals surface area contributed by atoms with Crippen LogP contribution in [0.15, 0.2) is 70.6 Å². The van der Waals surface area contributed by atoms with Crippen molar-refractivity contribution in [3.8, 4) is 0 Å². The Morgan fingerprint density at radius 3 is 2.62 bits per heavy atom. The molecule has 6 nitrogen and oxygen atoms in total. The molecule has 0 unspecified atom stereocenters. The zero-order valence-corrected chi connectivity index (χ0v) is 17.6. The molecule has 2 aromatic carbocycles. The summed E-state index contributed by atoms with van der Waals surface area (Å²) in [6, 6.07) is 18.7. The van der Waals surface area contributed by atoms with Crippen molar-refractivity contribution in [2.45, 2.75) is 35.2 Å². The largest absolute Gasteiger partial charge is 0.346 e. The predicted molar refractivity (Wildman–Crippen MR) is 117 cm³/mol. The first-order valence-electron chi connectivity index (χ1n) is 9.51. The highest BCUT2D eigenvalue weighted by Crippen LogP contribution is 2.30. The summed E-state index contributed by atoms with van der Waals surface area (Å²) in [7, 11) is 0. The van der Waals surface area contributed by atoms with Crippen LogP contribution in [0.5, 0.6) is 0 Å². The Hall–Kier alpha value is -2.35. The number of hydrogen-bond donors (Lipinski definition) is 2. The summed E-state index contributed by atoms with van der Waals surface area (Å²) in [6.45, 7) is 2.40. The molecule has 0 saturated carbocycles. The van der Waals surface area contributed by atoms with Gasteiger partial charge in [0.25, 0.3) is 5.91 Å². The van der Waals surface area contributed by atoms with Crippen LogP contribution < -0.4 is 10.6 Å². The molecule has 0 bridgehead atoms. The summed E-state index contributed by atoms with van der Waals surface area (Å²) in [5.41, 5.74) is 1.45. The van der Waals surface area contributed by atoms with Gasteiger partial charge in [-0.25, -0.2) is 4.68 Å². The number of halogens is 1. The number of hydrogen-bond acceptors (Lipinski definition) is 5. The molecule has 1 amide bonds. The van der Waals surface area contributed by atoms with Crippen molar-refractivity contribution in [3.63, 3.8) is 0 Å². The molecule has 0 atom stereocenters. The van der Waals surface area contributed by atoms with Crippen LogP contribution in [0.25, 0.3) is 0 Å². The predicted octanol–water partition coefficient (Wildman–Crippen LogP) is 3.71. The van der Waals surface area contributed by atoms with E-state index in [4.69, 9.17) is 0 Å². The Morgan fingerprint density at radius 1 is 1.10 bits per heavy atom. The van der Waals surface area contributed by atoms with E-state index in [1.165, 1.54) is 4.90 Å². The third kappa shape index (κ3) is 5.59. The lowest BCUT2D eigenvalue weighted by Gasteiger charge is -2.22. The van der Waals surface area contributed by atoms with Gasteiger partial charge in [-0.05, 0) is 49.7 Å². The van der Waals surface area contributed by atoms with Gasteiger partial charge in [0.2, 0.25) is 0 Å². The van der Waals surface area contributed by atoms with E-state index in [0.29, 0.717) is 18.3 Å². The molecule has 1 aromatic heterocycles. The number of carbonyl (C=O) groups is 1. The first-order chi connectivity index (χ1) is 13.8. The molecule has 1 aliphatic heterocycles. The smallest absolute Gasteiger partial charge is 0.273 e. The van der Waals surface area contributed by atoms with E-state index in [1.807, 2.05) is 41.1 Å². The third-order valence-corrected chi connectivity index (χ3v) is 5.93. The Bertz CT molecular complexity index is 928. The van der Waals surface area contributed by atoms with Crippen molar-refractivity contribution >= 4 is 30.1 Å². The average Bonchev–Trinajstić information content (AvgIpc) is 3.25. The van der Waals surface area contributed by atoms with Gasteiger partial charge in [0.05, 0.1) is 12.2 Å². The number of aromatic nitrogens is 3. The SMILES string of the molecule is Cl.O=C(NCc1ccccc1Sc1ccccc1)c1cn(C2CCNCC2)nn1. The second-order valence-electron chi connectivity index (χ2n) is 6.77. The topological polar surface area (TPSA) is 71.8 Å². The number of piperidine rings is 1. The molecular formula is C21H24ClN5OS. The fourth-order valence-electron chi connectivity index (χ4n) is 3.26. The molecular weight excluding hydrogens is 406 g/mol. The highest BCUT2D eigenvalue weighted by atomic mass is 35.5. The van der Waals surface area contributed by atoms with E-state index in [-0.39, 0.29) is 18.3 Å². The van der Waals surface area contributed by atoms with Crippen LogP contribution >= 0.6 is 24.2 Å². The van der Waals surface area contributed by atoms with Gasteiger partial charge in [0, 0.05) is 16.3 Å². The number of nitrogens with one attached hydrogen (secondary N) is 2. The minimum absolute atomic E-state index is 0. The normalized spacial score (nSPS) is 14.2. The standard InChI is InChI=1S/C21H23N5OS.ClH/c27-21(19-15-26(25-24-19)17-10-12-22-13-11-17)23-14-16-6-4-5-9-20(16)28-18-7-2-1-3-8-18;/h1-9,15,17,22H,10-14H2,(H,23,27);1H. The minimum atomic E-state index is -0.195. The van der Waals surface area contributed by atoms with E-state index in [1.54, 1.807) is 18.0 Å². The van der Waals surface area contributed by atoms with E-state index < -0.39 is 0 Å². The van der Waals surface area contributed by atoms with Gasteiger partial charge in [0.1, 0.15) is 0 Å². The molecule has 0 spiro atoms. The first-order valence-corrected chi connectivity index (χ1v) is 10.3. The molecule has 2 heterocycles. The molecule has 1 aliphatic rings. The summed E-state index contributed by atoms with van der Waals surface area (Å²) in [6.07, 6.45) is 3.78. The maximum Gasteiger partial charge on any atom is 0.273 e. The Labute approximate surface area is 180 Å². The van der Waals surface area contributed by atoms with Crippen LogP contribution in [0.1, 0.15) is 34.9 Å². The van der Waals surface area contributed by atoms with Gasteiger partial charge in [-0.15, -0.1) is 17.5 Å². The molecule has 2 N–H and O–H groups in total. The number of nitrogens with zero attached hydrogens (tertiary/aromatic N) is 3. The zero-order chi connectivity index (χ0) is 19.2. The van der Waals surface area contributed by atoms with Crippen molar-refractivity contribution in [1.29, 1.82) is 0 Å². The molecule has 0 radical (unpaired) electrons. The lowest BCUT2D eigenvalue weighted by atomic mass is 10.1. The first kappa shape index (κ1) is 21.4. The van der Waals surface area contributed by atoms with E-state index in [9.17, 15) is 4.79 Å². The van der Waals surface area contributed by atoms with Gasteiger partial charge in [-0.3, -0.25) is 4.79 Å². The van der Waals surface area contributed by atoms with E-state index >= 15 is 0 Å². The fraction of sp³-hybridized carbons (Fsp3) is 0.286. The Morgan fingerprint density at radius 2 is 1.83 bits per heavy atom. The van der Waals surface area contributed by atoms with Crippen molar-refractivity contribution in [2.75, 3.05) is 13.1 Å². The molecule has 1 fully saturated rings. The number of benzene rings is 2. The van der Waals surface area contributed by atoms with Crippen molar-refractivity contribution in [3.05, 3.63) is 72.1 Å². The van der Waals surface area contributed by atoms with Crippen LogP contribution in [0.2, 0.25) is 0 Å². The quantitative estimate of drug-likeness (QED) is 0.625. The van der Waals surface area contributed by atoms with Gasteiger partial charge in [-0.1, -0.05) is 53.4 Å². The summed E-state index contributed by atoms with van der Waals surface area (Å²) in [5.74, 6) is -0.195. The number of carbonyl (C=O) groups excluding carboxylic acids is 1. The molecule has 29 heavy (non-hydrogen) atoms. The summed E-state index contributed by atoms with van der Waals surface area (Å²) in [5, 5.41) is 14.5. The molecule has 1 saturated heterocycles. The number of amides is 1. The van der Waals surface area contributed by atoms with Gasteiger partial charge >= 0.3 is 0 Å². The van der Waals surface area contributed by atoms with Gasteiger partial charge in [-0.2, -0.15) is 0 Å². The minimum Gasteiger partial charge on any atom is -0.346 e. The maximum absolute atomic E-state index is 12.5. The molecule has 4 rings (SSSR count). The summed E-state index contributed by atoms with van der Waals surface area (Å²) < 4.78 is 1.83. The van der Waals surface area contributed by atoms with Crippen LogP contribution in [0.4, 0.5) is 0 Å². The van der Waals surface area contributed by atoms with Gasteiger partial charge in [0.15, 0.2) is 5.69 Å². The average molecular weight is 430 g/mol. The van der Waals surface area contributed by atoms with Crippen LogP contribution in [0.3, 0.4) is 0 Å². The Balaban J connectivity index is 0.00000240. The van der Waals surface area contributed by atoms with E-state index in [2.05, 4.69) is 39.1 Å². The molecule has 3 aromatic rings. The van der Waals surface area contributed by atoms with Crippen molar-refractivity contribution < 1.29 is 4.79 Å². The number of rotatable bonds is 6. The van der Waals surface area contributed by atoms with E-state index in [0.717, 1.165) is 36.4 Å². The van der Waals surface area contributed by atoms with Crippen LogP contribution in [-0.4, -0.2) is 34.0 Å². The zero-order valence-electron chi connectivity index (χ0n) is 16.0. The van der Waals surface area contributed by atoms with Crippen molar-refractivity contribution in [1.82, 2.24) is 25.6 Å². The summed E-state index contributed by atoms with van der Waals surface area (Å²) >= 11 is 1.70. The fourth-order valence-corrected chi connectivity index (χ4v) is 4.23. The monoisotopic (exact) mass is 429 g/mol. The lowest BCUT2D eigenvalue weighted by Crippen LogP contribution is -2.29. The maximum atomic E-state index is 12.5. The Kier molecular flexibility index (Phi) is 7.69. The molecule has 8 heteroatoms. The molecule has 152 valence electrons. The van der Waals surface area contributed by atoms with Crippen molar-refractivity contribution in [2.24, 2.45) is 0 Å². The third-order valence-electron chi connectivity index (χ3n) is 4.81. The highest BCUT2D eigenvalue weighted by molar-refractivity contribution is 7.99. The summed E-state index contributed by atoms with van der Waals surface area (Å²) in [4.78, 5) is 14.8. The second kappa shape index (κ2) is 10.4. The molecule has 0 aliphatic carbocycles. The lowest BCUT2D eigenvalue weighted by molar-refractivity contribution is 0.0945. The van der Waals surface area contributed by atoms with Gasteiger partial charge < -0.3 is 10.6 Å². The van der Waals surface area contributed by atoms with Crippen LogP contribution in [0, 0.1) is 0 Å². The second-order valence-corrected chi connectivity index (χ2v) is 7.89.